The lowest BCUT2D eigenvalue weighted by Gasteiger charge is -2.31. The van der Waals surface area contributed by atoms with Gasteiger partial charge in [0.15, 0.2) is 12.4 Å². The summed E-state index contributed by atoms with van der Waals surface area (Å²) in [5.41, 5.74) is 2.43. The molecule has 10 heteroatoms. The molecule has 1 aliphatic rings. The third-order valence-corrected chi connectivity index (χ3v) is 5.58. The van der Waals surface area contributed by atoms with E-state index in [2.05, 4.69) is 20.4 Å². The predicted molar refractivity (Wildman–Crippen MR) is 119 cm³/mol. The van der Waals surface area contributed by atoms with Crippen LogP contribution in [-0.2, 0) is 25.5 Å². The average Bonchev–Trinajstić information content (AvgIpc) is 3.20. The van der Waals surface area contributed by atoms with Crippen LogP contribution in [-0.4, -0.2) is 62.0 Å². The molecule has 0 saturated carbocycles. The van der Waals surface area contributed by atoms with Crippen molar-refractivity contribution in [1.82, 2.24) is 24.5 Å². The SMILES string of the molecule is Cc1cc(C)n2nc(CC(=O)OCC(=O)N3CCC(C(=O)Nc4ccccc4)CC3)nc2n1. The van der Waals surface area contributed by atoms with Crippen LogP contribution in [0.1, 0.15) is 30.1 Å². The Morgan fingerprint density at radius 1 is 1.09 bits per heavy atom. The van der Waals surface area contributed by atoms with Gasteiger partial charge in [0.05, 0.1) is 0 Å². The Kier molecular flexibility index (Phi) is 6.62. The fraction of sp³-hybridized carbons (Fsp3) is 0.391. The fourth-order valence-electron chi connectivity index (χ4n) is 3.85. The molecule has 1 N–H and O–H groups in total. The van der Waals surface area contributed by atoms with Gasteiger partial charge in [-0.15, -0.1) is 5.10 Å². The van der Waals surface area contributed by atoms with Gasteiger partial charge in [-0.05, 0) is 44.9 Å². The maximum atomic E-state index is 12.4. The third kappa shape index (κ3) is 5.51. The van der Waals surface area contributed by atoms with Crippen molar-refractivity contribution in [2.24, 2.45) is 5.92 Å². The smallest absolute Gasteiger partial charge is 0.314 e. The highest BCUT2D eigenvalue weighted by atomic mass is 16.5. The number of benzene rings is 1. The average molecular weight is 450 g/mol. The van der Waals surface area contributed by atoms with Crippen LogP contribution < -0.4 is 5.32 Å². The molecule has 4 rings (SSSR count). The zero-order valence-electron chi connectivity index (χ0n) is 18.7. The van der Waals surface area contributed by atoms with Gasteiger partial charge < -0.3 is 15.0 Å². The number of rotatable bonds is 6. The molecule has 33 heavy (non-hydrogen) atoms. The molecule has 0 radical (unpaired) electrons. The summed E-state index contributed by atoms with van der Waals surface area (Å²) in [6, 6.07) is 11.2. The van der Waals surface area contributed by atoms with Gasteiger partial charge in [0, 0.05) is 36.1 Å². The summed E-state index contributed by atoms with van der Waals surface area (Å²) in [6.45, 7) is 4.29. The van der Waals surface area contributed by atoms with Gasteiger partial charge in [0.25, 0.3) is 11.7 Å². The van der Waals surface area contributed by atoms with Crippen LogP contribution in [0.15, 0.2) is 36.4 Å². The number of likely N-dealkylation sites (tertiary alicyclic amines) is 1. The van der Waals surface area contributed by atoms with E-state index in [1.54, 1.807) is 9.42 Å². The summed E-state index contributed by atoms with van der Waals surface area (Å²) in [6.07, 6.45) is 0.988. The molecule has 0 unspecified atom stereocenters. The van der Waals surface area contributed by atoms with E-state index in [-0.39, 0.29) is 30.8 Å². The molecule has 1 aromatic carbocycles. The highest BCUT2D eigenvalue weighted by Gasteiger charge is 2.28. The summed E-state index contributed by atoms with van der Waals surface area (Å²) >= 11 is 0. The van der Waals surface area contributed by atoms with E-state index in [1.807, 2.05) is 50.2 Å². The number of anilines is 1. The van der Waals surface area contributed by atoms with Crippen molar-refractivity contribution in [3.8, 4) is 0 Å². The van der Waals surface area contributed by atoms with Crippen molar-refractivity contribution in [2.45, 2.75) is 33.1 Å². The molecule has 0 aliphatic carbocycles. The number of hydrogen-bond acceptors (Lipinski definition) is 7. The molecule has 2 aromatic heterocycles. The van der Waals surface area contributed by atoms with Crippen molar-refractivity contribution in [2.75, 3.05) is 25.0 Å². The van der Waals surface area contributed by atoms with Gasteiger partial charge in [-0.3, -0.25) is 14.4 Å². The number of carbonyl (C=O) groups is 3. The minimum Gasteiger partial charge on any atom is -0.455 e. The van der Waals surface area contributed by atoms with Gasteiger partial charge in [-0.2, -0.15) is 4.98 Å². The van der Waals surface area contributed by atoms with Crippen LogP contribution >= 0.6 is 0 Å². The summed E-state index contributed by atoms with van der Waals surface area (Å²) < 4.78 is 6.71. The Bertz CT molecular complexity index is 1170. The minimum absolute atomic E-state index is 0.0420. The lowest BCUT2D eigenvalue weighted by Crippen LogP contribution is -2.43. The van der Waals surface area contributed by atoms with Crippen molar-refractivity contribution < 1.29 is 19.1 Å². The number of hydrogen-bond donors (Lipinski definition) is 1. The van der Waals surface area contributed by atoms with Crippen molar-refractivity contribution in [1.29, 1.82) is 0 Å². The monoisotopic (exact) mass is 450 g/mol. The van der Waals surface area contributed by atoms with Crippen molar-refractivity contribution in [3.05, 3.63) is 53.6 Å². The number of para-hydroxylation sites is 1. The Hall–Kier alpha value is -3.82. The van der Waals surface area contributed by atoms with Crippen LogP contribution in [0.5, 0.6) is 0 Å². The number of aromatic nitrogens is 4. The molecule has 10 nitrogen and oxygen atoms in total. The molecule has 172 valence electrons. The van der Waals surface area contributed by atoms with E-state index in [0.717, 1.165) is 17.1 Å². The number of nitrogens with one attached hydrogen (secondary N) is 1. The number of esters is 1. The Balaban J connectivity index is 1.22. The second-order valence-electron chi connectivity index (χ2n) is 8.13. The molecule has 1 fully saturated rings. The van der Waals surface area contributed by atoms with Gasteiger partial charge >= 0.3 is 5.97 Å². The number of ether oxygens (including phenoxy) is 1. The van der Waals surface area contributed by atoms with Crippen LogP contribution in [0.25, 0.3) is 5.78 Å². The highest BCUT2D eigenvalue weighted by molar-refractivity contribution is 5.92. The normalized spacial score (nSPS) is 14.3. The zero-order chi connectivity index (χ0) is 23.4. The summed E-state index contributed by atoms with van der Waals surface area (Å²) in [5, 5.41) is 7.18. The van der Waals surface area contributed by atoms with E-state index in [4.69, 9.17) is 4.74 Å². The quantitative estimate of drug-likeness (QED) is 0.568. The molecule has 2 amide bonds. The number of amides is 2. The summed E-state index contributed by atoms with van der Waals surface area (Å²) in [5.74, 6) is -0.338. The number of carbonyl (C=O) groups excluding carboxylic acids is 3. The molecule has 1 aliphatic heterocycles. The predicted octanol–water partition coefficient (Wildman–Crippen LogP) is 1.70. The number of aryl methyl sites for hydroxylation is 2. The first kappa shape index (κ1) is 22.4. The van der Waals surface area contributed by atoms with Gasteiger partial charge in [0.1, 0.15) is 6.42 Å². The maximum Gasteiger partial charge on any atom is 0.314 e. The first-order valence-corrected chi connectivity index (χ1v) is 10.9. The van der Waals surface area contributed by atoms with E-state index < -0.39 is 5.97 Å². The van der Waals surface area contributed by atoms with Crippen LogP contribution in [0.3, 0.4) is 0 Å². The topological polar surface area (TPSA) is 119 Å². The van der Waals surface area contributed by atoms with Gasteiger partial charge in [0.2, 0.25) is 5.91 Å². The van der Waals surface area contributed by atoms with E-state index in [0.29, 0.717) is 37.5 Å². The van der Waals surface area contributed by atoms with Gasteiger partial charge in [-0.25, -0.2) is 9.50 Å². The molecule has 1 saturated heterocycles. The molecular weight excluding hydrogens is 424 g/mol. The maximum absolute atomic E-state index is 12.4. The lowest BCUT2D eigenvalue weighted by molar-refractivity contribution is -0.152. The Morgan fingerprint density at radius 2 is 1.82 bits per heavy atom. The first-order valence-electron chi connectivity index (χ1n) is 10.9. The molecule has 3 aromatic rings. The standard InChI is InChI=1S/C23H26N6O4/c1-15-12-16(2)29-23(24-15)26-19(27-29)13-21(31)33-14-20(30)28-10-8-17(9-11-28)22(32)25-18-6-4-3-5-7-18/h3-7,12,17H,8-11,13-14H2,1-2H3,(H,25,32). The van der Waals surface area contributed by atoms with Crippen molar-refractivity contribution in [3.63, 3.8) is 0 Å². The second kappa shape index (κ2) is 9.76. The number of piperidine rings is 1. The van der Waals surface area contributed by atoms with E-state index >= 15 is 0 Å². The van der Waals surface area contributed by atoms with Crippen LogP contribution in [0, 0.1) is 19.8 Å². The minimum atomic E-state index is -0.578. The molecule has 0 spiro atoms. The molecule has 0 atom stereocenters. The summed E-state index contributed by atoms with van der Waals surface area (Å²) in [7, 11) is 0. The first-order chi connectivity index (χ1) is 15.9. The van der Waals surface area contributed by atoms with E-state index in [1.165, 1.54) is 0 Å². The fourth-order valence-corrected chi connectivity index (χ4v) is 3.85. The third-order valence-electron chi connectivity index (χ3n) is 5.58. The highest BCUT2D eigenvalue weighted by Crippen LogP contribution is 2.19. The summed E-state index contributed by atoms with van der Waals surface area (Å²) in [4.78, 5) is 47.2. The zero-order valence-corrected chi connectivity index (χ0v) is 18.7. The largest absolute Gasteiger partial charge is 0.455 e. The second-order valence-corrected chi connectivity index (χ2v) is 8.13. The number of nitrogens with zero attached hydrogens (tertiary/aromatic N) is 5. The van der Waals surface area contributed by atoms with Gasteiger partial charge in [-0.1, -0.05) is 18.2 Å². The van der Waals surface area contributed by atoms with Crippen LogP contribution in [0.4, 0.5) is 5.69 Å². The van der Waals surface area contributed by atoms with E-state index in [9.17, 15) is 14.4 Å². The van der Waals surface area contributed by atoms with Crippen LogP contribution in [0.2, 0.25) is 0 Å². The van der Waals surface area contributed by atoms with Crippen molar-refractivity contribution >= 4 is 29.2 Å². The number of fused-ring (bicyclic) bond motifs is 1. The Labute approximate surface area is 191 Å². The molecule has 3 heterocycles. The Morgan fingerprint density at radius 3 is 2.55 bits per heavy atom. The molecular formula is C23H26N6O4. The molecule has 0 bridgehead atoms. The lowest BCUT2D eigenvalue weighted by atomic mass is 9.95.